The molecule has 3 rings (SSSR count). The lowest BCUT2D eigenvalue weighted by Gasteiger charge is -2.32. The number of methoxy groups -OCH3 is 1. The third-order valence-electron chi connectivity index (χ3n) is 3.73. The van der Waals surface area contributed by atoms with Gasteiger partial charge >= 0.3 is 0 Å². The molecular weight excluding hydrogens is 238 g/mol. The highest BCUT2D eigenvalue weighted by Gasteiger charge is 2.20. The van der Waals surface area contributed by atoms with Crippen LogP contribution in [0.4, 0.5) is 11.5 Å². The van der Waals surface area contributed by atoms with Gasteiger partial charge in [-0.1, -0.05) is 0 Å². The molecule has 1 saturated heterocycles. The maximum atomic E-state index is 5.79. The zero-order valence-electron chi connectivity index (χ0n) is 11.2. The Morgan fingerprint density at radius 3 is 3.05 bits per heavy atom. The van der Waals surface area contributed by atoms with Crippen LogP contribution < -0.4 is 10.6 Å². The number of benzene rings is 1. The highest BCUT2D eigenvalue weighted by Crippen LogP contribution is 2.23. The molecule has 1 aromatic carbocycles. The van der Waals surface area contributed by atoms with E-state index in [0.717, 1.165) is 48.3 Å². The molecule has 4 heteroatoms. The van der Waals surface area contributed by atoms with Crippen LogP contribution in [0.15, 0.2) is 30.3 Å². The Hall–Kier alpha value is -1.81. The minimum atomic E-state index is 0.317. The molecule has 1 aliphatic heterocycles. The summed E-state index contributed by atoms with van der Waals surface area (Å²) in [5.74, 6) is 1.03. The van der Waals surface area contributed by atoms with E-state index in [1.165, 1.54) is 0 Å². The molecule has 1 atom stereocenters. The number of anilines is 2. The average molecular weight is 257 g/mol. The Morgan fingerprint density at radius 2 is 2.21 bits per heavy atom. The fraction of sp³-hybridized carbons (Fsp3) is 0.400. The molecule has 1 fully saturated rings. The molecule has 0 bridgehead atoms. The van der Waals surface area contributed by atoms with Gasteiger partial charge in [-0.2, -0.15) is 0 Å². The van der Waals surface area contributed by atoms with Crippen molar-refractivity contribution in [2.24, 2.45) is 0 Å². The second kappa shape index (κ2) is 5.05. The van der Waals surface area contributed by atoms with Crippen LogP contribution in [0.2, 0.25) is 0 Å². The van der Waals surface area contributed by atoms with E-state index in [1.54, 1.807) is 7.11 Å². The smallest absolute Gasteiger partial charge is 0.129 e. The maximum Gasteiger partial charge on any atom is 0.129 e. The van der Waals surface area contributed by atoms with Crippen LogP contribution >= 0.6 is 0 Å². The summed E-state index contributed by atoms with van der Waals surface area (Å²) in [6.07, 6.45) is 2.61. The molecule has 2 N–H and O–H groups in total. The molecular formula is C15H19N3O. The van der Waals surface area contributed by atoms with E-state index >= 15 is 0 Å². The average Bonchev–Trinajstić information content (AvgIpc) is 2.46. The number of fused-ring (bicyclic) bond motifs is 1. The van der Waals surface area contributed by atoms with Gasteiger partial charge in [-0.15, -0.1) is 0 Å². The number of nitrogens with two attached hydrogens (primary N) is 1. The number of hydrogen-bond donors (Lipinski definition) is 1. The molecule has 1 aromatic heterocycles. The second-order valence-electron chi connectivity index (χ2n) is 5.07. The normalized spacial score (nSPS) is 19.8. The minimum absolute atomic E-state index is 0.317. The van der Waals surface area contributed by atoms with Crippen molar-refractivity contribution in [3.8, 4) is 0 Å². The van der Waals surface area contributed by atoms with E-state index in [-0.39, 0.29) is 0 Å². The molecule has 19 heavy (non-hydrogen) atoms. The quantitative estimate of drug-likeness (QED) is 0.839. The first kappa shape index (κ1) is 12.2. The number of nitrogen functional groups attached to an aromatic ring is 1. The highest BCUT2D eigenvalue weighted by atomic mass is 16.5. The molecule has 0 saturated carbocycles. The van der Waals surface area contributed by atoms with Crippen molar-refractivity contribution in [3.63, 3.8) is 0 Å². The molecule has 1 unspecified atom stereocenters. The number of piperidine rings is 1. The van der Waals surface area contributed by atoms with Crippen LogP contribution in [0.1, 0.15) is 12.8 Å². The van der Waals surface area contributed by atoms with Crippen molar-refractivity contribution in [1.82, 2.24) is 4.98 Å². The van der Waals surface area contributed by atoms with Gasteiger partial charge in [0.05, 0.1) is 11.6 Å². The lowest BCUT2D eigenvalue weighted by Crippen LogP contribution is -2.39. The summed E-state index contributed by atoms with van der Waals surface area (Å²) in [4.78, 5) is 7.02. The predicted octanol–water partition coefficient (Wildman–Crippen LogP) is 2.43. The van der Waals surface area contributed by atoms with E-state index in [0.29, 0.717) is 6.10 Å². The molecule has 0 spiro atoms. The van der Waals surface area contributed by atoms with Gasteiger partial charge in [0.15, 0.2) is 0 Å². The first-order chi connectivity index (χ1) is 9.26. The molecule has 2 heterocycles. The van der Waals surface area contributed by atoms with Crippen LogP contribution in [0.25, 0.3) is 10.9 Å². The Balaban J connectivity index is 1.90. The van der Waals surface area contributed by atoms with Crippen LogP contribution in [0.5, 0.6) is 0 Å². The predicted molar refractivity (Wildman–Crippen MR) is 78.4 cm³/mol. The number of ether oxygens (including phenoxy) is 1. The van der Waals surface area contributed by atoms with E-state index in [1.807, 2.05) is 18.2 Å². The molecule has 0 amide bonds. The number of nitrogens with zero attached hydrogens (tertiary/aromatic N) is 2. The van der Waals surface area contributed by atoms with E-state index < -0.39 is 0 Å². The number of aromatic nitrogens is 1. The summed E-state index contributed by atoms with van der Waals surface area (Å²) in [5, 5.41) is 1.09. The second-order valence-corrected chi connectivity index (χ2v) is 5.07. The maximum absolute atomic E-state index is 5.79. The topological polar surface area (TPSA) is 51.4 Å². The van der Waals surface area contributed by atoms with Gasteiger partial charge in [0.25, 0.3) is 0 Å². The van der Waals surface area contributed by atoms with Gasteiger partial charge in [-0.3, -0.25) is 0 Å². The summed E-state index contributed by atoms with van der Waals surface area (Å²) >= 11 is 0. The van der Waals surface area contributed by atoms with Crippen LogP contribution in [-0.4, -0.2) is 31.3 Å². The van der Waals surface area contributed by atoms with Gasteiger partial charge in [0.2, 0.25) is 0 Å². The summed E-state index contributed by atoms with van der Waals surface area (Å²) in [5.41, 5.74) is 7.56. The fourth-order valence-electron chi connectivity index (χ4n) is 2.65. The molecule has 0 aliphatic carbocycles. The summed E-state index contributed by atoms with van der Waals surface area (Å²) in [6.45, 7) is 1.97. The Morgan fingerprint density at radius 1 is 1.32 bits per heavy atom. The van der Waals surface area contributed by atoms with E-state index in [2.05, 4.69) is 17.0 Å². The zero-order valence-corrected chi connectivity index (χ0v) is 11.2. The fourth-order valence-corrected chi connectivity index (χ4v) is 2.65. The Bertz CT molecular complexity index is 585. The van der Waals surface area contributed by atoms with Gasteiger partial charge in [-0.25, -0.2) is 4.98 Å². The van der Waals surface area contributed by atoms with Gasteiger partial charge in [-0.05, 0) is 43.2 Å². The molecule has 100 valence electrons. The first-order valence-corrected chi connectivity index (χ1v) is 6.70. The van der Waals surface area contributed by atoms with Crippen LogP contribution in [0.3, 0.4) is 0 Å². The van der Waals surface area contributed by atoms with Gasteiger partial charge < -0.3 is 15.4 Å². The van der Waals surface area contributed by atoms with E-state index in [4.69, 9.17) is 15.5 Å². The zero-order chi connectivity index (χ0) is 13.2. The van der Waals surface area contributed by atoms with Crippen molar-refractivity contribution in [1.29, 1.82) is 0 Å². The summed E-state index contributed by atoms with van der Waals surface area (Å²) in [7, 11) is 1.78. The van der Waals surface area contributed by atoms with E-state index in [9.17, 15) is 0 Å². The van der Waals surface area contributed by atoms with Gasteiger partial charge in [0.1, 0.15) is 5.82 Å². The van der Waals surface area contributed by atoms with Crippen molar-refractivity contribution in [2.45, 2.75) is 18.9 Å². The van der Waals surface area contributed by atoms with Gasteiger partial charge in [0, 0.05) is 31.3 Å². The monoisotopic (exact) mass is 257 g/mol. The van der Waals surface area contributed by atoms with Crippen LogP contribution in [-0.2, 0) is 4.74 Å². The summed E-state index contributed by atoms with van der Waals surface area (Å²) < 4.78 is 5.46. The van der Waals surface area contributed by atoms with Crippen LogP contribution in [0, 0.1) is 0 Å². The standard InChI is InChI=1S/C15H19N3O/c1-19-13-3-2-8-18(10-13)15-7-4-11-9-12(16)5-6-14(11)17-15/h4-7,9,13H,2-3,8,10,16H2,1H3. The largest absolute Gasteiger partial charge is 0.399 e. The first-order valence-electron chi connectivity index (χ1n) is 6.70. The molecule has 2 aromatic rings. The number of rotatable bonds is 2. The van der Waals surface area contributed by atoms with Crippen molar-refractivity contribution in [2.75, 3.05) is 30.8 Å². The lowest BCUT2D eigenvalue weighted by atomic mass is 10.1. The van der Waals surface area contributed by atoms with Crippen molar-refractivity contribution in [3.05, 3.63) is 30.3 Å². The molecule has 1 aliphatic rings. The summed E-state index contributed by atoms with van der Waals surface area (Å²) in [6, 6.07) is 9.99. The Labute approximate surface area is 113 Å². The number of pyridine rings is 1. The van der Waals surface area contributed by atoms with Crippen molar-refractivity contribution < 1.29 is 4.74 Å². The SMILES string of the molecule is COC1CCCN(c2ccc3cc(N)ccc3n2)C1. The Kier molecular flexibility index (Phi) is 3.25. The minimum Gasteiger partial charge on any atom is -0.399 e. The molecule has 4 nitrogen and oxygen atoms in total. The lowest BCUT2D eigenvalue weighted by molar-refractivity contribution is 0.0891. The third kappa shape index (κ3) is 2.49. The molecule has 0 radical (unpaired) electrons. The number of hydrogen-bond acceptors (Lipinski definition) is 4. The third-order valence-corrected chi connectivity index (χ3v) is 3.73. The van der Waals surface area contributed by atoms with Crippen molar-refractivity contribution >= 4 is 22.4 Å². The highest BCUT2D eigenvalue weighted by molar-refractivity contribution is 5.83.